The van der Waals surface area contributed by atoms with Crippen molar-refractivity contribution >= 4 is 23.4 Å². The molecule has 0 spiro atoms. The number of carbonyl (C=O) groups is 2. The maximum absolute atomic E-state index is 14.9. The lowest BCUT2D eigenvalue weighted by molar-refractivity contribution is -0.120. The van der Waals surface area contributed by atoms with E-state index in [0.717, 1.165) is 5.57 Å². The summed E-state index contributed by atoms with van der Waals surface area (Å²) in [7, 11) is 0. The zero-order chi connectivity index (χ0) is 21.7. The number of cyclic esters (lactones) is 1. The van der Waals surface area contributed by atoms with Crippen molar-refractivity contribution in [1.82, 2.24) is 5.32 Å². The van der Waals surface area contributed by atoms with Crippen LogP contribution in [0.2, 0.25) is 0 Å². The van der Waals surface area contributed by atoms with Crippen molar-refractivity contribution in [3.05, 3.63) is 47.2 Å². The third-order valence-electron chi connectivity index (χ3n) is 5.25. The second kappa shape index (κ2) is 9.27. The van der Waals surface area contributed by atoms with Gasteiger partial charge in [-0.15, -0.1) is 0 Å². The van der Waals surface area contributed by atoms with Gasteiger partial charge in [0.2, 0.25) is 5.91 Å². The molecule has 0 aliphatic carbocycles. The van der Waals surface area contributed by atoms with E-state index in [1.54, 1.807) is 24.4 Å². The third kappa shape index (κ3) is 4.69. The minimum Gasteiger partial charge on any atom is -0.442 e. The number of amides is 2. The number of hydrogen-bond donors (Lipinski definition) is 1. The van der Waals surface area contributed by atoms with E-state index in [2.05, 4.69) is 10.2 Å². The number of nitrogens with one attached hydrogen (secondary N) is 1. The molecule has 1 aromatic carbocycles. The molecule has 2 fully saturated rings. The Bertz CT molecular complexity index is 949. The lowest BCUT2D eigenvalue weighted by atomic mass is 9.93. The molecule has 0 saturated carbocycles. The fraction of sp³-hybridized carbons (Fsp3) is 0.429. The molecule has 9 heteroatoms. The van der Waals surface area contributed by atoms with Gasteiger partial charge in [-0.2, -0.15) is 5.26 Å². The molecular weight excluding hydrogens is 389 g/mol. The zero-order valence-corrected chi connectivity index (χ0v) is 16.6. The molecule has 30 heavy (non-hydrogen) atoms. The topological polar surface area (TPSA) is 90.0 Å². The molecule has 1 aromatic rings. The SMILES string of the molecule is [C-]#[N+]C=C1CCN(c2ccc(N3C[C@H](CNC(=O)CC#N)OC3=O)cc2F)CC1C. The average Bonchev–Trinajstić information content (AvgIpc) is 3.09. The summed E-state index contributed by atoms with van der Waals surface area (Å²) >= 11 is 0. The molecule has 2 atom stereocenters. The fourth-order valence-electron chi connectivity index (χ4n) is 3.66. The number of anilines is 2. The first-order chi connectivity index (χ1) is 14.4. The van der Waals surface area contributed by atoms with Crippen LogP contribution in [-0.4, -0.2) is 44.3 Å². The van der Waals surface area contributed by atoms with E-state index in [1.807, 2.05) is 11.8 Å². The van der Waals surface area contributed by atoms with Crippen molar-refractivity contribution in [3.8, 4) is 6.07 Å². The third-order valence-corrected chi connectivity index (χ3v) is 5.25. The van der Waals surface area contributed by atoms with Gasteiger partial charge in [0.25, 0.3) is 0 Å². The predicted molar refractivity (Wildman–Crippen MR) is 108 cm³/mol. The molecule has 156 valence electrons. The van der Waals surface area contributed by atoms with Gasteiger partial charge in [0.1, 0.15) is 18.3 Å². The van der Waals surface area contributed by atoms with E-state index >= 15 is 0 Å². The highest BCUT2D eigenvalue weighted by Crippen LogP contribution is 2.32. The molecule has 2 aliphatic heterocycles. The highest BCUT2D eigenvalue weighted by molar-refractivity contribution is 5.90. The van der Waals surface area contributed by atoms with Gasteiger partial charge in [0, 0.05) is 13.1 Å². The second-order valence-corrected chi connectivity index (χ2v) is 7.32. The number of rotatable bonds is 5. The highest BCUT2D eigenvalue weighted by atomic mass is 19.1. The Balaban J connectivity index is 1.65. The monoisotopic (exact) mass is 411 g/mol. The molecule has 2 amide bonds. The quantitative estimate of drug-likeness (QED) is 0.753. The molecule has 0 aromatic heterocycles. The number of nitriles is 1. The van der Waals surface area contributed by atoms with Gasteiger partial charge in [-0.3, -0.25) is 9.69 Å². The number of piperidine rings is 1. The van der Waals surface area contributed by atoms with Crippen LogP contribution < -0.4 is 15.1 Å². The molecule has 0 radical (unpaired) electrons. The predicted octanol–water partition coefficient (Wildman–Crippen LogP) is 2.83. The lowest BCUT2D eigenvalue weighted by Gasteiger charge is -2.35. The largest absolute Gasteiger partial charge is 0.442 e. The smallest absolute Gasteiger partial charge is 0.414 e. The Hall–Kier alpha value is -3.59. The van der Waals surface area contributed by atoms with Crippen LogP contribution in [0.15, 0.2) is 30.0 Å². The summed E-state index contributed by atoms with van der Waals surface area (Å²) in [5.41, 5.74) is 1.91. The number of hydrogen-bond acceptors (Lipinski definition) is 5. The first-order valence-electron chi connectivity index (χ1n) is 9.64. The molecule has 1 N–H and O–H groups in total. The van der Waals surface area contributed by atoms with Crippen LogP contribution in [0, 0.1) is 29.6 Å². The maximum Gasteiger partial charge on any atom is 0.414 e. The van der Waals surface area contributed by atoms with Gasteiger partial charge >= 0.3 is 6.09 Å². The van der Waals surface area contributed by atoms with Crippen LogP contribution in [0.1, 0.15) is 19.8 Å². The Labute approximate surface area is 174 Å². The van der Waals surface area contributed by atoms with Gasteiger partial charge in [-0.25, -0.2) is 14.0 Å². The van der Waals surface area contributed by atoms with Crippen molar-refractivity contribution in [3.63, 3.8) is 0 Å². The van der Waals surface area contributed by atoms with Crippen LogP contribution in [0.5, 0.6) is 0 Å². The second-order valence-electron chi connectivity index (χ2n) is 7.32. The van der Waals surface area contributed by atoms with Gasteiger partial charge < -0.3 is 15.0 Å². The number of carbonyl (C=O) groups excluding carboxylic acids is 2. The number of nitrogens with zero attached hydrogens (tertiary/aromatic N) is 4. The van der Waals surface area contributed by atoms with E-state index in [1.165, 1.54) is 11.0 Å². The highest BCUT2D eigenvalue weighted by Gasteiger charge is 2.33. The Morgan fingerprint density at radius 1 is 1.50 bits per heavy atom. The first-order valence-corrected chi connectivity index (χ1v) is 9.64. The normalized spacial score (nSPS) is 22.4. The lowest BCUT2D eigenvalue weighted by Crippen LogP contribution is -2.36. The average molecular weight is 411 g/mol. The summed E-state index contributed by atoms with van der Waals surface area (Å²) in [6, 6.07) is 6.37. The van der Waals surface area contributed by atoms with E-state index in [-0.39, 0.29) is 25.4 Å². The summed E-state index contributed by atoms with van der Waals surface area (Å²) in [6.45, 7) is 10.5. The van der Waals surface area contributed by atoms with Crippen molar-refractivity contribution in [2.75, 3.05) is 36.0 Å². The van der Waals surface area contributed by atoms with E-state index in [4.69, 9.17) is 16.6 Å². The summed E-state index contributed by atoms with van der Waals surface area (Å²) in [5.74, 6) is -0.707. The number of ether oxygens (including phenoxy) is 1. The number of halogens is 1. The standard InChI is InChI=1S/C21H22FN5O3/c1-14-12-26(8-6-15(14)10-24-2)19-4-3-16(9-18(19)22)27-13-17(30-21(27)29)11-25-20(28)5-7-23/h3-4,9-10,14,17H,5-6,8,11-13H2,1H3,(H,25,28)/t14?,17-/m0/s1. The fourth-order valence-corrected chi connectivity index (χ4v) is 3.66. The Kier molecular flexibility index (Phi) is 6.53. The summed E-state index contributed by atoms with van der Waals surface area (Å²) in [6.07, 6.45) is 0.823. The van der Waals surface area contributed by atoms with Crippen LogP contribution in [-0.2, 0) is 9.53 Å². The van der Waals surface area contributed by atoms with Crippen LogP contribution in [0.4, 0.5) is 20.6 Å². The van der Waals surface area contributed by atoms with E-state index < -0.39 is 23.9 Å². The van der Waals surface area contributed by atoms with Crippen LogP contribution >= 0.6 is 0 Å². The van der Waals surface area contributed by atoms with Gasteiger partial charge in [-0.05, 0) is 30.5 Å². The molecule has 2 saturated heterocycles. The molecule has 1 unspecified atom stereocenters. The van der Waals surface area contributed by atoms with Crippen molar-refractivity contribution in [2.24, 2.45) is 5.92 Å². The molecule has 2 aliphatic rings. The minimum absolute atomic E-state index is 0.0927. The maximum atomic E-state index is 14.9. The van der Waals surface area contributed by atoms with Gasteiger partial charge in [0.05, 0.1) is 37.1 Å². The summed E-state index contributed by atoms with van der Waals surface area (Å²) in [5, 5.41) is 11.0. The van der Waals surface area contributed by atoms with Crippen molar-refractivity contribution < 1.29 is 18.7 Å². The molecular formula is C21H22FN5O3. The Morgan fingerprint density at radius 2 is 2.30 bits per heavy atom. The summed E-state index contributed by atoms with van der Waals surface area (Å²) in [4.78, 5) is 30.2. The van der Waals surface area contributed by atoms with E-state index in [0.29, 0.717) is 30.9 Å². The zero-order valence-electron chi connectivity index (χ0n) is 16.6. The minimum atomic E-state index is -0.609. The Morgan fingerprint density at radius 3 is 2.97 bits per heavy atom. The number of benzene rings is 1. The molecule has 3 rings (SSSR count). The van der Waals surface area contributed by atoms with Gasteiger partial charge in [-0.1, -0.05) is 12.5 Å². The molecule has 2 heterocycles. The van der Waals surface area contributed by atoms with E-state index in [9.17, 15) is 14.0 Å². The summed E-state index contributed by atoms with van der Waals surface area (Å²) < 4.78 is 20.1. The van der Waals surface area contributed by atoms with Crippen molar-refractivity contribution in [2.45, 2.75) is 25.9 Å². The van der Waals surface area contributed by atoms with Crippen LogP contribution in [0.3, 0.4) is 0 Å². The molecule has 0 bridgehead atoms. The van der Waals surface area contributed by atoms with Gasteiger partial charge in [0.15, 0.2) is 6.20 Å². The molecule has 8 nitrogen and oxygen atoms in total. The van der Waals surface area contributed by atoms with Crippen molar-refractivity contribution in [1.29, 1.82) is 5.26 Å². The first kappa shape index (κ1) is 21.1. The van der Waals surface area contributed by atoms with Crippen LogP contribution in [0.25, 0.3) is 4.85 Å².